The molecule has 1 aliphatic carbocycles. The maximum Gasteiger partial charge on any atom is 0.195 e. The lowest BCUT2D eigenvalue weighted by molar-refractivity contribution is 0.105. The molecular weight excluding hydrogens is 314 g/mol. The molecule has 0 aliphatic heterocycles. The van der Waals surface area contributed by atoms with Crippen molar-refractivity contribution in [1.82, 2.24) is 4.98 Å². The van der Waals surface area contributed by atoms with E-state index in [9.17, 15) is 9.90 Å². The number of aromatic nitrogens is 1. The smallest absolute Gasteiger partial charge is 0.195 e. The summed E-state index contributed by atoms with van der Waals surface area (Å²) in [6, 6.07) is 16.1. The van der Waals surface area contributed by atoms with E-state index in [0.717, 1.165) is 22.3 Å². The molecule has 0 fully saturated rings. The quantitative estimate of drug-likeness (QED) is 0.790. The fourth-order valence-corrected chi connectivity index (χ4v) is 3.24. The predicted octanol–water partition coefficient (Wildman–Crippen LogP) is 3.95. The summed E-state index contributed by atoms with van der Waals surface area (Å²) in [7, 11) is 1.61. The molecule has 25 heavy (non-hydrogen) atoms. The Hall–Kier alpha value is -3.40. The summed E-state index contributed by atoms with van der Waals surface area (Å²) in [5, 5.41) is 9.82. The van der Waals surface area contributed by atoms with E-state index < -0.39 is 0 Å². The number of hydrogen-bond acceptors (Lipinski definition) is 4. The molecule has 4 heteroatoms. The number of hydrogen-bond donors (Lipinski definition) is 1. The van der Waals surface area contributed by atoms with Crippen LogP contribution in [0.15, 0.2) is 67.0 Å². The zero-order valence-corrected chi connectivity index (χ0v) is 13.6. The van der Waals surface area contributed by atoms with E-state index in [1.807, 2.05) is 30.3 Å². The molecule has 1 aromatic heterocycles. The average molecular weight is 329 g/mol. The van der Waals surface area contributed by atoms with Gasteiger partial charge in [-0.15, -0.1) is 0 Å². The van der Waals surface area contributed by atoms with Crippen molar-refractivity contribution in [1.29, 1.82) is 0 Å². The fraction of sp³-hybridized carbons (Fsp3) is 0.0476. The second-order valence-corrected chi connectivity index (χ2v) is 5.75. The summed E-state index contributed by atoms with van der Waals surface area (Å²) in [6.45, 7) is 0. The second kappa shape index (κ2) is 5.91. The minimum absolute atomic E-state index is 0.0684. The van der Waals surface area contributed by atoms with Crippen LogP contribution in [0, 0.1) is 0 Å². The molecule has 122 valence electrons. The molecule has 0 bridgehead atoms. The number of para-hydroxylation sites is 1. The van der Waals surface area contributed by atoms with E-state index >= 15 is 0 Å². The van der Waals surface area contributed by atoms with Crippen LogP contribution >= 0.6 is 0 Å². The Balaban J connectivity index is 2.07. The van der Waals surface area contributed by atoms with Gasteiger partial charge >= 0.3 is 0 Å². The number of pyridine rings is 1. The van der Waals surface area contributed by atoms with Crippen molar-refractivity contribution >= 4 is 16.9 Å². The monoisotopic (exact) mass is 329 g/mol. The molecule has 1 aliphatic rings. The maximum absolute atomic E-state index is 13.1. The van der Waals surface area contributed by atoms with E-state index in [4.69, 9.17) is 4.74 Å². The average Bonchev–Trinajstić information content (AvgIpc) is 2.94. The first kappa shape index (κ1) is 15.1. The van der Waals surface area contributed by atoms with Crippen LogP contribution in [0.3, 0.4) is 0 Å². The summed E-state index contributed by atoms with van der Waals surface area (Å²) in [5.74, 6) is 0.631. The van der Waals surface area contributed by atoms with Gasteiger partial charge in [0.25, 0.3) is 0 Å². The van der Waals surface area contributed by atoms with Gasteiger partial charge in [-0.1, -0.05) is 24.3 Å². The Morgan fingerprint density at radius 2 is 1.76 bits per heavy atom. The molecule has 3 aromatic rings. The molecule has 0 unspecified atom stereocenters. The SMILES string of the molecule is COc1ccccc1C1=C(c2cccnc2)C(=O)c2cc(O)ccc21. The molecule has 1 N–H and O–H groups in total. The zero-order valence-electron chi connectivity index (χ0n) is 13.6. The number of carbonyl (C=O) groups is 1. The van der Waals surface area contributed by atoms with Crippen molar-refractivity contribution in [2.45, 2.75) is 0 Å². The number of carbonyl (C=O) groups excluding carboxylic acids is 1. The van der Waals surface area contributed by atoms with Crippen molar-refractivity contribution in [3.05, 3.63) is 89.2 Å². The van der Waals surface area contributed by atoms with Crippen molar-refractivity contribution in [2.75, 3.05) is 7.11 Å². The fourth-order valence-electron chi connectivity index (χ4n) is 3.24. The van der Waals surface area contributed by atoms with Crippen LogP contribution in [-0.4, -0.2) is 23.0 Å². The Bertz CT molecular complexity index is 1010. The van der Waals surface area contributed by atoms with Crippen molar-refractivity contribution in [2.24, 2.45) is 0 Å². The summed E-state index contributed by atoms with van der Waals surface area (Å²) in [6.07, 6.45) is 3.35. The summed E-state index contributed by atoms with van der Waals surface area (Å²) < 4.78 is 5.51. The topological polar surface area (TPSA) is 59.4 Å². The van der Waals surface area contributed by atoms with Gasteiger partial charge in [-0.25, -0.2) is 0 Å². The number of fused-ring (bicyclic) bond motifs is 1. The summed E-state index contributed by atoms with van der Waals surface area (Å²) >= 11 is 0. The minimum atomic E-state index is -0.125. The largest absolute Gasteiger partial charge is 0.508 e. The molecule has 0 saturated heterocycles. The predicted molar refractivity (Wildman–Crippen MR) is 95.6 cm³/mol. The van der Waals surface area contributed by atoms with E-state index in [0.29, 0.717) is 16.9 Å². The number of methoxy groups -OCH3 is 1. The lowest BCUT2D eigenvalue weighted by Gasteiger charge is -2.12. The Labute approximate surface area is 145 Å². The van der Waals surface area contributed by atoms with Gasteiger partial charge in [-0.2, -0.15) is 0 Å². The molecule has 4 rings (SSSR count). The van der Waals surface area contributed by atoms with Crippen LogP contribution in [0.2, 0.25) is 0 Å². The van der Waals surface area contributed by atoms with E-state index in [1.54, 1.807) is 37.7 Å². The Kier molecular flexibility index (Phi) is 3.58. The van der Waals surface area contributed by atoms with Crippen LogP contribution in [0.25, 0.3) is 11.1 Å². The van der Waals surface area contributed by atoms with Gasteiger partial charge in [0.05, 0.1) is 7.11 Å². The second-order valence-electron chi connectivity index (χ2n) is 5.75. The first-order chi connectivity index (χ1) is 12.2. The molecular formula is C21H15NO3. The number of nitrogens with zero attached hydrogens (tertiary/aromatic N) is 1. The first-order valence-electron chi connectivity index (χ1n) is 7.87. The highest BCUT2D eigenvalue weighted by atomic mass is 16.5. The maximum atomic E-state index is 13.1. The van der Waals surface area contributed by atoms with Crippen LogP contribution < -0.4 is 4.74 Å². The Morgan fingerprint density at radius 1 is 0.920 bits per heavy atom. The number of benzene rings is 2. The molecule has 2 aromatic carbocycles. The number of ketones is 1. The van der Waals surface area contributed by atoms with Crippen LogP contribution in [0.5, 0.6) is 11.5 Å². The lowest BCUT2D eigenvalue weighted by atomic mass is 9.94. The first-order valence-corrected chi connectivity index (χ1v) is 7.87. The van der Waals surface area contributed by atoms with E-state index in [2.05, 4.69) is 4.98 Å². The zero-order chi connectivity index (χ0) is 17.4. The van der Waals surface area contributed by atoms with Crippen molar-refractivity contribution < 1.29 is 14.6 Å². The molecule has 0 atom stereocenters. The number of phenolic OH excluding ortho intramolecular Hbond substituents is 1. The van der Waals surface area contributed by atoms with Gasteiger partial charge in [-0.05, 0) is 35.9 Å². The van der Waals surface area contributed by atoms with E-state index in [-0.39, 0.29) is 11.5 Å². The van der Waals surface area contributed by atoms with Gasteiger partial charge < -0.3 is 9.84 Å². The molecule has 0 radical (unpaired) electrons. The van der Waals surface area contributed by atoms with Gasteiger partial charge in [-0.3, -0.25) is 9.78 Å². The highest BCUT2D eigenvalue weighted by molar-refractivity contribution is 6.41. The van der Waals surface area contributed by atoms with Crippen molar-refractivity contribution in [3.8, 4) is 11.5 Å². The molecule has 1 heterocycles. The van der Waals surface area contributed by atoms with Crippen LogP contribution in [0.1, 0.15) is 27.0 Å². The highest BCUT2D eigenvalue weighted by Gasteiger charge is 2.32. The number of aromatic hydroxyl groups is 1. The molecule has 0 amide bonds. The standard InChI is InChI=1S/C21H15NO3/c1-25-18-7-3-2-6-16(18)20-15-9-8-14(23)11-17(15)21(24)19(20)13-5-4-10-22-12-13/h2-12,23H,1H3. The van der Waals surface area contributed by atoms with Crippen LogP contribution in [0.4, 0.5) is 0 Å². The molecule has 4 nitrogen and oxygen atoms in total. The third-order valence-electron chi connectivity index (χ3n) is 4.32. The third-order valence-corrected chi connectivity index (χ3v) is 4.32. The minimum Gasteiger partial charge on any atom is -0.508 e. The van der Waals surface area contributed by atoms with Gasteiger partial charge in [0.1, 0.15) is 11.5 Å². The lowest BCUT2D eigenvalue weighted by Crippen LogP contribution is -1.99. The van der Waals surface area contributed by atoms with Crippen molar-refractivity contribution in [3.63, 3.8) is 0 Å². The number of Topliss-reactive ketones (excluding diaryl/α,β-unsaturated/α-hetero) is 1. The normalized spacial score (nSPS) is 13.1. The molecule has 0 saturated carbocycles. The van der Waals surface area contributed by atoms with Gasteiger partial charge in [0.15, 0.2) is 5.78 Å². The summed E-state index contributed by atoms with van der Waals surface area (Å²) in [4.78, 5) is 17.2. The molecule has 0 spiro atoms. The summed E-state index contributed by atoms with van der Waals surface area (Å²) in [5.41, 5.74) is 4.21. The number of phenols is 1. The van der Waals surface area contributed by atoms with Gasteiger partial charge in [0, 0.05) is 40.2 Å². The van der Waals surface area contributed by atoms with Crippen LogP contribution in [-0.2, 0) is 0 Å². The van der Waals surface area contributed by atoms with Gasteiger partial charge in [0.2, 0.25) is 0 Å². The number of allylic oxidation sites excluding steroid dienone is 1. The number of rotatable bonds is 3. The van der Waals surface area contributed by atoms with E-state index in [1.165, 1.54) is 6.07 Å². The highest BCUT2D eigenvalue weighted by Crippen LogP contribution is 2.45. The Morgan fingerprint density at radius 3 is 2.52 bits per heavy atom. The third kappa shape index (κ3) is 2.39. The number of ether oxygens (including phenoxy) is 1.